The Morgan fingerprint density at radius 1 is 1.12 bits per heavy atom. The molecule has 2 saturated carbocycles. The van der Waals surface area contributed by atoms with Crippen molar-refractivity contribution in [3.05, 3.63) is 35.6 Å². The first-order valence-corrected chi connectivity index (χ1v) is 12.5. The normalized spacial score (nSPS) is 18.8. The second-order valence-corrected chi connectivity index (χ2v) is 11.2. The standard InChI is InChI=1S/C22H30N4O5S/c1-12(14-5-6-14)18-20(19(24-11-23-18)13(2)15-7-8-15)25-21(27)26-32(29,30)17-9-16(10-31-17)22(3,4)28/h9-15,28H,5-8H2,1-4H3,(H2,25,26,27)/t12-,13-/m1/s1. The van der Waals surface area contributed by atoms with Crippen LogP contribution in [0.15, 0.2) is 28.2 Å². The van der Waals surface area contributed by atoms with Crippen LogP contribution in [-0.4, -0.2) is 29.5 Å². The highest BCUT2D eigenvalue weighted by molar-refractivity contribution is 7.89. The third-order valence-corrected chi connectivity index (χ3v) is 7.64. The van der Waals surface area contributed by atoms with E-state index < -0.39 is 26.7 Å². The zero-order chi connectivity index (χ0) is 23.3. The van der Waals surface area contributed by atoms with Crippen molar-refractivity contribution in [1.82, 2.24) is 14.7 Å². The van der Waals surface area contributed by atoms with E-state index in [2.05, 4.69) is 29.1 Å². The quantitative estimate of drug-likeness (QED) is 0.542. The molecule has 0 spiro atoms. The summed E-state index contributed by atoms with van der Waals surface area (Å²) in [4.78, 5) is 21.7. The molecule has 0 unspecified atom stereocenters. The largest absolute Gasteiger partial charge is 0.451 e. The summed E-state index contributed by atoms with van der Waals surface area (Å²) in [5.74, 6) is 1.28. The van der Waals surface area contributed by atoms with Crippen molar-refractivity contribution in [3.63, 3.8) is 0 Å². The van der Waals surface area contributed by atoms with Gasteiger partial charge >= 0.3 is 6.03 Å². The molecule has 0 aliphatic heterocycles. The molecule has 0 radical (unpaired) electrons. The van der Waals surface area contributed by atoms with Crippen molar-refractivity contribution in [1.29, 1.82) is 0 Å². The maximum Gasteiger partial charge on any atom is 0.333 e. The third-order valence-electron chi connectivity index (χ3n) is 6.44. The molecular weight excluding hydrogens is 432 g/mol. The monoisotopic (exact) mass is 462 g/mol. The Kier molecular flexibility index (Phi) is 5.79. The molecule has 0 saturated heterocycles. The Morgan fingerprint density at radius 2 is 1.66 bits per heavy atom. The fourth-order valence-corrected chi connectivity index (χ4v) is 4.81. The summed E-state index contributed by atoms with van der Waals surface area (Å²) in [6.45, 7) is 7.17. The SMILES string of the molecule is C[C@@H](c1ncnc([C@H](C)C2CC2)c1NC(=O)NS(=O)(=O)c1cc(C(C)(C)O)co1)C1CC1. The maximum absolute atomic E-state index is 12.8. The number of nitrogens with zero attached hydrogens (tertiary/aromatic N) is 2. The van der Waals surface area contributed by atoms with Crippen LogP contribution >= 0.6 is 0 Å². The number of aromatic nitrogens is 2. The van der Waals surface area contributed by atoms with Gasteiger partial charge in [-0.25, -0.2) is 19.5 Å². The van der Waals surface area contributed by atoms with Crippen LogP contribution in [0.5, 0.6) is 0 Å². The van der Waals surface area contributed by atoms with Crippen LogP contribution in [-0.2, 0) is 15.6 Å². The lowest BCUT2D eigenvalue weighted by molar-refractivity contribution is 0.0779. The number of hydrogen-bond donors (Lipinski definition) is 3. The number of nitrogens with one attached hydrogen (secondary N) is 2. The summed E-state index contributed by atoms with van der Waals surface area (Å²) < 4.78 is 32.4. The lowest BCUT2D eigenvalue weighted by atomic mass is 9.94. The fourth-order valence-electron chi connectivity index (χ4n) is 3.96. The van der Waals surface area contributed by atoms with E-state index >= 15 is 0 Å². The van der Waals surface area contributed by atoms with E-state index in [-0.39, 0.29) is 17.4 Å². The molecule has 2 atom stereocenters. The molecule has 2 aliphatic carbocycles. The van der Waals surface area contributed by atoms with Gasteiger partial charge in [-0.1, -0.05) is 13.8 Å². The number of carbonyl (C=O) groups is 1. The molecule has 0 bridgehead atoms. The number of aliphatic hydroxyl groups is 1. The van der Waals surface area contributed by atoms with E-state index in [0.717, 1.165) is 43.3 Å². The van der Waals surface area contributed by atoms with Crippen molar-refractivity contribution in [2.24, 2.45) is 11.8 Å². The van der Waals surface area contributed by atoms with Crippen molar-refractivity contribution in [2.75, 3.05) is 5.32 Å². The summed E-state index contributed by atoms with van der Waals surface area (Å²) in [7, 11) is -4.27. The predicted molar refractivity (Wildman–Crippen MR) is 118 cm³/mol. The summed E-state index contributed by atoms with van der Waals surface area (Å²) in [6, 6.07) is 0.289. The minimum absolute atomic E-state index is 0.134. The molecule has 3 N–H and O–H groups in total. The molecule has 2 aliphatic rings. The summed E-state index contributed by atoms with van der Waals surface area (Å²) >= 11 is 0. The van der Waals surface area contributed by atoms with Crippen LogP contribution in [0.3, 0.4) is 0 Å². The Hall–Kier alpha value is -2.46. The number of sulfonamides is 1. The summed E-state index contributed by atoms with van der Waals surface area (Å²) in [6.07, 6.45) is 7.13. The molecule has 32 heavy (non-hydrogen) atoms. The van der Waals surface area contributed by atoms with Gasteiger partial charge in [0.15, 0.2) is 0 Å². The lowest BCUT2D eigenvalue weighted by Crippen LogP contribution is -2.35. The predicted octanol–water partition coefficient (Wildman–Crippen LogP) is 3.83. The number of hydrogen-bond acceptors (Lipinski definition) is 7. The highest BCUT2D eigenvalue weighted by atomic mass is 32.2. The topological polar surface area (TPSA) is 134 Å². The fraction of sp³-hybridized carbons (Fsp3) is 0.591. The average Bonchev–Trinajstić information content (AvgIpc) is 3.63. The Balaban J connectivity index is 1.58. The van der Waals surface area contributed by atoms with E-state index in [4.69, 9.17) is 4.42 Å². The minimum atomic E-state index is -4.27. The Labute approximate surface area is 188 Å². The second-order valence-electron chi connectivity index (χ2n) is 9.54. The number of rotatable bonds is 8. The Morgan fingerprint density at radius 3 is 2.09 bits per heavy atom. The molecule has 2 amide bonds. The van der Waals surface area contributed by atoms with Gasteiger partial charge in [-0.3, -0.25) is 0 Å². The molecule has 2 fully saturated rings. The smallest absolute Gasteiger partial charge is 0.333 e. The number of amides is 2. The van der Waals surface area contributed by atoms with Gasteiger partial charge < -0.3 is 14.8 Å². The van der Waals surface area contributed by atoms with Gasteiger partial charge in [-0.15, -0.1) is 0 Å². The van der Waals surface area contributed by atoms with Crippen LogP contribution < -0.4 is 10.0 Å². The molecule has 2 heterocycles. The first-order valence-electron chi connectivity index (χ1n) is 11.0. The highest BCUT2D eigenvalue weighted by Gasteiger charge is 2.36. The van der Waals surface area contributed by atoms with Gasteiger partial charge in [0.1, 0.15) is 6.33 Å². The van der Waals surface area contributed by atoms with Gasteiger partial charge in [0.05, 0.1) is 28.9 Å². The van der Waals surface area contributed by atoms with Gasteiger partial charge in [0.2, 0.25) is 5.09 Å². The zero-order valence-electron chi connectivity index (χ0n) is 18.8. The van der Waals surface area contributed by atoms with Gasteiger partial charge in [0, 0.05) is 23.5 Å². The highest BCUT2D eigenvalue weighted by Crippen LogP contribution is 2.47. The Bertz CT molecular complexity index is 1080. The minimum Gasteiger partial charge on any atom is -0.451 e. The van der Waals surface area contributed by atoms with Crippen molar-refractivity contribution in [2.45, 2.75) is 75.9 Å². The third kappa shape index (κ3) is 4.80. The average molecular weight is 463 g/mol. The van der Waals surface area contributed by atoms with Crippen molar-refractivity contribution in [3.8, 4) is 0 Å². The van der Waals surface area contributed by atoms with Crippen LogP contribution in [0, 0.1) is 11.8 Å². The molecule has 0 aromatic carbocycles. The molecule has 4 rings (SSSR count). The van der Waals surface area contributed by atoms with Gasteiger partial charge in [0.25, 0.3) is 10.0 Å². The second kappa shape index (κ2) is 8.15. The first kappa shape index (κ1) is 22.7. The number of anilines is 1. The van der Waals surface area contributed by atoms with E-state index in [9.17, 15) is 18.3 Å². The summed E-state index contributed by atoms with van der Waals surface area (Å²) in [5.41, 5.74) is 0.981. The lowest BCUT2D eigenvalue weighted by Gasteiger charge is -2.21. The molecular formula is C22H30N4O5S. The van der Waals surface area contributed by atoms with Gasteiger partial charge in [-0.05, 0) is 51.4 Å². The van der Waals surface area contributed by atoms with E-state index in [1.807, 2.05) is 4.72 Å². The van der Waals surface area contributed by atoms with Gasteiger partial charge in [-0.2, -0.15) is 8.42 Å². The van der Waals surface area contributed by atoms with Crippen LogP contribution in [0.4, 0.5) is 10.5 Å². The van der Waals surface area contributed by atoms with Crippen molar-refractivity contribution < 1.29 is 22.7 Å². The number of urea groups is 1. The number of carbonyl (C=O) groups excluding carboxylic acids is 1. The first-order chi connectivity index (χ1) is 15.0. The molecule has 2 aromatic heterocycles. The van der Waals surface area contributed by atoms with Crippen LogP contribution in [0.25, 0.3) is 0 Å². The molecule has 174 valence electrons. The van der Waals surface area contributed by atoms with E-state index in [1.165, 1.54) is 26.2 Å². The zero-order valence-corrected chi connectivity index (χ0v) is 19.6. The maximum atomic E-state index is 12.8. The van der Waals surface area contributed by atoms with Crippen molar-refractivity contribution >= 4 is 21.7 Å². The van der Waals surface area contributed by atoms with Crippen LogP contribution in [0.2, 0.25) is 0 Å². The summed E-state index contributed by atoms with van der Waals surface area (Å²) in [5, 5.41) is 12.3. The molecule has 2 aromatic rings. The molecule has 9 nitrogen and oxygen atoms in total. The van der Waals surface area contributed by atoms with E-state index in [1.54, 1.807) is 0 Å². The molecule has 10 heteroatoms. The van der Waals surface area contributed by atoms with E-state index in [0.29, 0.717) is 17.5 Å². The van der Waals surface area contributed by atoms with Crippen LogP contribution in [0.1, 0.15) is 82.2 Å². The number of furan rings is 1.